The summed E-state index contributed by atoms with van der Waals surface area (Å²) in [6.45, 7) is 0.420. The molecule has 11 heteroatoms. The molecule has 0 aliphatic carbocycles. The first-order valence-corrected chi connectivity index (χ1v) is 16.0. The van der Waals surface area contributed by atoms with Crippen molar-refractivity contribution >= 4 is 29.7 Å². The van der Waals surface area contributed by atoms with E-state index >= 15 is 0 Å². The second-order valence-electron chi connectivity index (χ2n) is 11.3. The molecule has 1 heterocycles. The molecule has 0 fully saturated rings. The molecule has 51 heavy (non-hydrogen) atoms. The van der Waals surface area contributed by atoms with Crippen LogP contribution in [0.5, 0.6) is 0 Å². The third-order valence-corrected chi connectivity index (χ3v) is 7.83. The highest BCUT2D eigenvalue weighted by Gasteiger charge is 2.31. The Morgan fingerprint density at radius 2 is 0.980 bits per heavy atom. The zero-order chi connectivity index (χ0) is 35.6. The SMILES string of the molecule is O=C(NCc1ccccc1)NC(=O)c1ccc(-n2nc(C(=O)NC(=O)NCc3ccccc3)c(C(=O)c3ccccc3)c2-c2ccccc2)cc1. The number of hydrogen-bond donors (Lipinski definition) is 4. The summed E-state index contributed by atoms with van der Waals surface area (Å²) in [6, 6.07) is 40.6. The fourth-order valence-corrected chi connectivity index (χ4v) is 5.31. The summed E-state index contributed by atoms with van der Waals surface area (Å²) >= 11 is 0. The van der Waals surface area contributed by atoms with Gasteiger partial charge in [0.25, 0.3) is 11.8 Å². The van der Waals surface area contributed by atoms with E-state index in [9.17, 15) is 24.0 Å². The Labute approximate surface area is 293 Å². The second kappa shape index (κ2) is 15.8. The Morgan fingerprint density at radius 3 is 1.51 bits per heavy atom. The van der Waals surface area contributed by atoms with Gasteiger partial charge in [0.15, 0.2) is 11.5 Å². The van der Waals surface area contributed by atoms with Crippen molar-refractivity contribution in [3.63, 3.8) is 0 Å². The van der Waals surface area contributed by atoms with Crippen LogP contribution in [0, 0.1) is 0 Å². The van der Waals surface area contributed by atoms with Gasteiger partial charge < -0.3 is 10.6 Å². The van der Waals surface area contributed by atoms with E-state index in [-0.39, 0.29) is 29.9 Å². The normalized spacial score (nSPS) is 10.5. The number of aromatic nitrogens is 2. The smallest absolute Gasteiger partial charge is 0.322 e. The third kappa shape index (κ3) is 8.30. The van der Waals surface area contributed by atoms with Crippen molar-refractivity contribution in [2.24, 2.45) is 0 Å². The molecule has 0 unspecified atom stereocenters. The number of hydrogen-bond acceptors (Lipinski definition) is 6. The Kier molecular flexibility index (Phi) is 10.5. The van der Waals surface area contributed by atoms with Crippen LogP contribution in [0.15, 0.2) is 146 Å². The first kappa shape index (κ1) is 33.7. The molecule has 6 amide bonds. The topological polar surface area (TPSA) is 151 Å². The number of urea groups is 2. The minimum atomic E-state index is -0.881. The Hall–Kier alpha value is -7.14. The minimum absolute atomic E-state index is 0.0160. The van der Waals surface area contributed by atoms with Gasteiger partial charge in [0.05, 0.1) is 16.9 Å². The van der Waals surface area contributed by atoms with Crippen LogP contribution in [0.4, 0.5) is 9.59 Å². The average Bonchev–Trinajstić information content (AvgIpc) is 3.58. The monoisotopic (exact) mass is 676 g/mol. The van der Waals surface area contributed by atoms with Crippen LogP contribution < -0.4 is 21.3 Å². The van der Waals surface area contributed by atoms with Crippen molar-refractivity contribution in [3.8, 4) is 16.9 Å². The highest BCUT2D eigenvalue weighted by molar-refractivity contribution is 6.19. The van der Waals surface area contributed by atoms with E-state index in [4.69, 9.17) is 0 Å². The van der Waals surface area contributed by atoms with Crippen LogP contribution in [-0.2, 0) is 13.1 Å². The predicted octanol–water partition coefficient (Wildman–Crippen LogP) is 6.05. The number of amides is 6. The van der Waals surface area contributed by atoms with Crippen LogP contribution in [0.25, 0.3) is 16.9 Å². The molecular weight excluding hydrogens is 644 g/mol. The van der Waals surface area contributed by atoms with Gasteiger partial charge in [0, 0.05) is 29.8 Å². The van der Waals surface area contributed by atoms with E-state index in [2.05, 4.69) is 26.4 Å². The lowest BCUT2D eigenvalue weighted by Gasteiger charge is -2.11. The van der Waals surface area contributed by atoms with Crippen molar-refractivity contribution in [3.05, 3.63) is 179 Å². The van der Waals surface area contributed by atoms with Gasteiger partial charge >= 0.3 is 12.1 Å². The molecule has 0 spiro atoms. The second-order valence-corrected chi connectivity index (χ2v) is 11.3. The standard InChI is InChI=1S/C40H32N6O5/c47-36(30-19-11-4-12-20-30)33-34(38(49)44-40(51)42-26-28-15-7-2-8-16-28)45-46(35(33)29-17-9-3-10-18-29)32-23-21-31(22-24-32)37(48)43-39(50)41-25-27-13-5-1-6-14-27/h1-24H,25-26H2,(H2,41,43,48,50)(H2,42,44,49,51). The zero-order valence-corrected chi connectivity index (χ0v) is 27.2. The molecule has 11 nitrogen and oxygen atoms in total. The summed E-state index contributed by atoms with van der Waals surface area (Å²) in [7, 11) is 0. The third-order valence-electron chi connectivity index (χ3n) is 7.83. The van der Waals surface area contributed by atoms with Gasteiger partial charge in [0.2, 0.25) is 0 Å². The lowest BCUT2D eigenvalue weighted by molar-refractivity contribution is 0.0944. The number of ketones is 1. The summed E-state index contributed by atoms with van der Waals surface area (Å²) in [4.78, 5) is 66.1. The maximum Gasteiger partial charge on any atom is 0.322 e. The van der Waals surface area contributed by atoms with Gasteiger partial charge in [-0.15, -0.1) is 0 Å². The van der Waals surface area contributed by atoms with Gasteiger partial charge in [-0.25, -0.2) is 14.3 Å². The van der Waals surface area contributed by atoms with Crippen molar-refractivity contribution in [1.82, 2.24) is 31.0 Å². The van der Waals surface area contributed by atoms with Crippen molar-refractivity contribution in [2.75, 3.05) is 0 Å². The number of nitrogens with one attached hydrogen (secondary N) is 4. The zero-order valence-electron chi connectivity index (χ0n) is 27.2. The fourth-order valence-electron chi connectivity index (χ4n) is 5.31. The average molecular weight is 677 g/mol. The molecule has 4 N–H and O–H groups in total. The first-order chi connectivity index (χ1) is 24.9. The molecule has 0 aliphatic rings. The number of carbonyl (C=O) groups excluding carboxylic acids is 5. The molecule has 6 aromatic rings. The van der Waals surface area contributed by atoms with Gasteiger partial charge in [-0.3, -0.25) is 25.0 Å². The maximum absolute atomic E-state index is 14.2. The van der Waals surface area contributed by atoms with Crippen molar-refractivity contribution in [1.29, 1.82) is 0 Å². The minimum Gasteiger partial charge on any atom is -0.334 e. The number of imide groups is 2. The summed E-state index contributed by atoms with van der Waals surface area (Å²) in [5, 5.41) is 14.5. The summed E-state index contributed by atoms with van der Waals surface area (Å²) in [6.07, 6.45) is 0. The van der Waals surface area contributed by atoms with Crippen molar-refractivity contribution in [2.45, 2.75) is 13.1 Å². The Morgan fingerprint density at radius 1 is 0.510 bits per heavy atom. The quantitative estimate of drug-likeness (QED) is 0.130. The molecule has 0 radical (unpaired) electrons. The molecule has 6 rings (SSSR count). The van der Waals surface area contributed by atoms with Crippen LogP contribution >= 0.6 is 0 Å². The molecule has 0 atom stereocenters. The number of benzene rings is 5. The van der Waals surface area contributed by atoms with Crippen LogP contribution in [-0.4, -0.2) is 39.4 Å². The van der Waals surface area contributed by atoms with E-state index in [1.54, 1.807) is 66.7 Å². The fraction of sp³-hybridized carbons (Fsp3) is 0.0500. The van der Waals surface area contributed by atoms with Crippen LogP contribution in [0.2, 0.25) is 0 Å². The van der Waals surface area contributed by atoms with Gasteiger partial charge in [-0.1, -0.05) is 121 Å². The Bertz CT molecular complexity index is 2170. The molecule has 0 aliphatic heterocycles. The number of rotatable bonds is 10. The number of nitrogens with zero attached hydrogens (tertiary/aromatic N) is 2. The van der Waals surface area contributed by atoms with Gasteiger partial charge in [-0.05, 0) is 35.4 Å². The van der Waals surface area contributed by atoms with E-state index in [1.165, 1.54) is 16.8 Å². The first-order valence-electron chi connectivity index (χ1n) is 16.0. The van der Waals surface area contributed by atoms with E-state index in [1.807, 2.05) is 66.7 Å². The summed E-state index contributed by atoms with van der Waals surface area (Å²) in [5.74, 6) is -1.99. The van der Waals surface area contributed by atoms with Crippen LogP contribution in [0.1, 0.15) is 47.9 Å². The van der Waals surface area contributed by atoms with Gasteiger partial charge in [0.1, 0.15) is 0 Å². The van der Waals surface area contributed by atoms with Gasteiger partial charge in [-0.2, -0.15) is 5.10 Å². The molecule has 1 aromatic heterocycles. The highest BCUT2D eigenvalue weighted by atomic mass is 16.2. The number of carbonyl (C=O) groups is 5. The molecule has 0 bridgehead atoms. The molecule has 252 valence electrons. The van der Waals surface area contributed by atoms with E-state index in [0.717, 1.165) is 11.1 Å². The van der Waals surface area contributed by atoms with E-state index in [0.29, 0.717) is 22.5 Å². The summed E-state index contributed by atoms with van der Waals surface area (Å²) < 4.78 is 1.43. The molecule has 0 saturated carbocycles. The molecular formula is C40H32N6O5. The highest BCUT2D eigenvalue weighted by Crippen LogP contribution is 2.31. The predicted molar refractivity (Wildman–Crippen MR) is 191 cm³/mol. The van der Waals surface area contributed by atoms with Crippen LogP contribution in [0.3, 0.4) is 0 Å². The maximum atomic E-state index is 14.2. The summed E-state index contributed by atoms with van der Waals surface area (Å²) in [5.41, 5.74) is 3.22. The lowest BCUT2D eigenvalue weighted by Crippen LogP contribution is -2.39. The largest absolute Gasteiger partial charge is 0.334 e. The van der Waals surface area contributed by atoms with E-state index < -0.39 is 29.7 Å². The molecule has 5 aromatic carbocycles. The molecule has 0 saturated heterocycles. The Balaban J connectivity index is 1.31. The lowest BCUT2D eigenvalue weighted by atomic mass is 9.97. The van der Waals surface area contributed by atoms with Crippen molar-refractivity contribution < 1.29 is 24.0 Å².